The molecule has 5 heteroatoms. The Kier molecular flexibility index (Phi) is 4.76. The van der Waals surface area contributed by atoms with Crippen LogP contribution in [0.1, 0.15) is 13.8 Å². The van der Waals surface area contributed by atoms with Gasteiger partial charge in [0.05, 0.1) is 12.6 Å². The van der Waals surface area contributed by atoms with Crippen molar-refractivity contribution >= 4 is 27.5 Å². The monoisotopic (exact) mass is 286 g/mol. The Morgan fingerprint density at radius 1 is 1.50 bits per heavy atom. The van der Waals surface area contributed by atoms with Gasteiger partial charge >= 0.3 is 0 Å². The molecule has 0 heterocycles. The molecule has 88 valence electrons. The van der Waals surface area contributed by atoms with Crippen molar-refractivity contribution in [2.75, 3.05) is 11.9 Å². The van der Waals surface area contributed by atoms with Crippen LogP contribution < -0.4 is 15.8 Å². The lowest BCUT2D eigenvalue weighted by Crippen LogP contribution is -2.21. The first kappa shape index (κ1) is 13.0. The fraction of sp³-hybridized carbons (Fsp3) is 0.364. The highest BCUT2D eigenvalue weighted by atomic mass is 79.9. The molecule has 1 aromatic rings. The van der Waals surface area contributed by atoms with Crippen LogP contribution in [-0.2, 0) is 4.79 Å². The third-order valence-electron chi connectivity index (χ3n) is 1.71. The van der Waals surface area contributed by atoms with Gasteiger partial charge in [-0.25, -0.2) is 0 Å². The summed E-state index contributed by atoms with van der Waals surface area (Å²) in [5.41, 5.74) is 5.89. The minimum absolute atomic E-state index is 0.0348. The van der Waals surface area contributed by atoms with E-state index in [4.69, 9.17) is 10.5 Å². The number of halogens is 1. The lowest BCUT2D eigenvalue weighted by atomic mass is 10.3. The third-order valence-corrected chi connectivity index (χ3v) is 2.17. The zero-order valence-corrected chi connectivity index (χ0v) is 10.9. The molecule has 1 rings (SSSR count). The van der Waals surface area contributed by atoms with Crippen molar-refractivity contribution in [3.05, 3.63) is 22.7 Å². The summed E-state index contributed by atoms with van der Waals surface area (Å²) < 4.78 is 6.38. The molecule has 0 aliphatic rings. The molecular formula is C11H15BrN2O2. The van der Waals surface area contributed by atoms with Crippen molar-refractivity contribution in [3.8, 4) is 5.75 Å². The van der Waals surface area contributed by atoms with Crippen LogP contribution in [0.25, 0.3) is 0 Å². The molecule has 0 unspecified atom stereocenters. The number of benzene rings is 1. The normalized spacial score (nSPS) is 10.3. The van der Waals surface area contributed by atoms with E-state index < -0.39 is 0 Å². The number of hydrogen-bond acceptors (Lipinski definition) is 3. The number of ether oxygens (including phenoxy) is 1. The first-order chi connectivity index (χ1) is 7.51. The Balaban J connectivity index is 2.85. The molecule has 0 radical (unpaired) electrons. The highest BCUT2D eigenvalue weighted by Gasteiger charge is 2.04. The van der Waals surface area contributed by atoms with Crippen molar-refractivity contribution in [2.24, 2.45) is 5.73 Å². The summed E-state index contributed by atoms with van der Waals surface area (Å²) in [5.74, 6) is 0.477. The standard InChI is InChI=1S/C11H15BrN2O2/c1-7(2)16-10-4-8(12)3-9(5-10)14-11(15)6-13/h3-5,7H,6,13H2,1-2H3,(H,14,15). The molecule has 1 amide bonds. The number of carbonyl (C=O) groups is 1. The summed E-state index contributed by atoms with van der Waals surface area (Å²) in [7, 11) is 0. The van der Waals surface area contributed by atoms with E-state index in [1.54, 1.807) is 12.1 Å². The topological polar surface area (TPSA) is 64.3 Å². The minimum Gasteiger partial charge on any atom is -0.491 e. The van der Waals surface area contributed by atoms with E-state index in [0.717, 1.165) is 4.47 Å². The van der Waals surface area contributed by atoms with E-state index in [1.165, 1.54) is 0 Å². The van der Waals surface area contributed by atoms with Crippen LogP contribution in [0.4, 0.5) is 5.69 Å². The molecule has 1 aromatic carbocycles. The van der Waals surface area contributed by atoms with Crippen LogP contribution in [0.5, 0.6) is 5.75 Å². The number of hydrogen-bond donors (Lipinski definition) is 2. The summed E-state index contributed by atoms with van der Waals surface area (Å²) in [5, 5.41) is 2.67. The van der Waals surface area contributed by atoms with E-state index in [2.05, 4.69) is 21.2 Å². The molecule has 0 bridgehead atoms. The first-order valence-electron chi connectivity index (χ1n) is 4.98. The number of nitrogens with two attached hydrogens (primary N) is 1. The van der Waals surface area contributed by atoms with E-state index >= 15 is 0 Å². The molecule has 16 heavy (non-hydrogen) atoms. The van der Waals surface area contributed by atoms with Crippen molar-refractivity contribution in [3.63, 3.8) is 0 Å². The molecule has 0 atom stereocenters. The highest BCUT2D eigenvalue weighted by molar-refractivity contribution is 9.10. The van der Waals surface area contributed by atoms with E-state index in [0.29, 0.717) is 11.4 Å². The van der Waals surface area contributed by atoms with Crippen LogP contribution in [-0.4, -0.2) is 18.6 Å². The van der Waals surface area contributed by atoms with Gasteiger partial charge in [0.15, 0.2) is 0 Å². The minimum atomic E-state index is -0.228. The lowest BCUT2D eigenvalue weighted by Gasteiger charge is -2.12. The largest absolute Gasteiger partial charge is 0.491 e. The molecule has 0 aromatic heterocycles. The summed E-state index contributed by atoms with van der Waals surface area (Å²) in [6.45, 7) is 3.85. The van der Waals surface area contributed by atoms with Gasteiger partial charge in [-0.15, -0.1) is 0 Å². The van der Waals surface area contributed by atoms with Gasteiger partial charge in [0.1, 0.15) is 5.75 Å². The van der Waals surface area contributed by atoms with Gasteiger partial charge in [-0.2, -0.15) is 0 Å². The maximum atomic E-state index is 11.1. The summed E-state index contributed by atoms with van der Waals surface area (Å²) >= 11 is 3.35. The SMILES string of the molecule is CC(C)Oc1cc(Br)cc(NC(=O)CN)c1. The van der Waals surface area contributed by atoms with E-state index in [9.17, 15) is 4.79 Å². The van der Waals surface area contributed by atoms with Gasteiger partial charge in [0.2, 0.25) is 5.91 Å². The van der Waals surface area contributed by atoms with Crippen LogP contribution in [0, 0.1) is 0 Å². The number of amides is 1. The second kappa shape index (κ2) is 5.86. The number of carbonyl (C=O) groups excluding carboxylic acids is 1. The van der Waals surface area contributed by atoms with Crippen LogP contribution in [0.15, 0.2) is 22.7 Å². The van der Waals surface area contributed by atoms with E-state index in [-0.39, 0.29) is 18.6 Å². The first-order valence-corrected chi connectivity index (χ1v) is 5.77. The fourth-order valence-electron chi connectivity index (χ4n) is 1.19. The molecule has 0 fully saturated rings. The van der Waals surface area contributed by atoms with Crippen molar-refractivity contribution in [1.82, 2.24) is 0 Å². The van der Waals surface area contributed by atoms with Crippen LogP contribution >= 0.6 is 15.9 Å². The zero-order chi connectivity index (χ0) is 12.1. The van der Waals surface area contributed by atoms with Crippen LogP contribution in [0.2, 0.25) is 0 Å². The Bertz CT molecular complexity index is 380. The van der Waals surface area contributed by atoms with E-state index in [1.807, 2.05) is 19.9 Å². The smallest absolute Gasteiger partial charge is 0.238 e. The average molecular weight is 287 g/mol. The van der Waals surface area contributed by atoms with Gasteiger partial charge < -0.3 is 15.8 Å². The number of nitrogens with one attached hydrogen (secondary N) is 1. The average Bonchev–Trinajstić information content (AvgIpc) is 2.15. The quantitative estimate of drug-likeness (QED) is 0.891. The maximum Gasteiger partial charge on any atom is 0.238 e. The maximum absolute atomic E-state index is 11.1. The summed E-state index contributed by atoms with van der Waals surface area (Å²) in [6.07, 6.45) is 0.0901. The predicted octanol–water partition coefficient (Wildman–Crippen LogP) is 2.13. The van der Waals surface area contributed by atoms with Gasteiger partial charge in [-0.3, -0.25) is 4.79 Å². The lowest BCUT2D eigenvalue weighted by molar-refractivity contribution is -0.114. The third kappa shape index (κ3) is 4.20. The number of rotatable bonds is 4. The van der Waals surface area contributed by atoms with Gasteiger partial charge in [0, 0.05) is 16.2 Å². The summed E-state index contributed by atoms with van der Waals surface area (Å²) in [4.78, 5) is 11.1. The predicted molar refractivity (Wildman–Crippen MR) is 67.6 cm³/mol. The molecule has 0 saturated heterocycles. The molecule has 0 aliphatic carbocycles. The van der Waals surface area contributed by atoms with Gasteiger partial charge in [0.25, 0.3) is 0 Å². The molecule has 4 nitrogen and oxygen atoms in total. The second-order valence-electron chi connectivity index (χ2n) is 3.59. The summed E-state index contributed by atoms with van der Waals surface area (Å²) in [6, 6.07) is 5.40. The molecule has 0 spiro atoms. The Morgan fingerprint density at radius 2 is 2.19 bits per heavy atom. The zero-order valence-electron chi connectivity index (χ0n) is 9.29. The van der Waals surface area contributed by atoms with Gasteiger partial charge in [-0.05, 0) is 26.0 Å². The second-order valence-corrected chi connectivity index (χ2v) is 4.51. The molecular weight excluding hydrogens is 272 g/mol. The van der Waals surface area contributed by atoms with Crippen molar-refractivity contribution in [1.29, 1.82) is 0 Å². The van der Waals surface area contributed by atoms with Crippen molar-refractivity contribution < 1.29 is 9.53 Å². The molecule has 3 N–H and O–H groups in total. The number of anilines is 1. The van der Waals surface area contributed by atoms with Crippen molar-refractivity contribution in [2.45, 2.75) is 20.0 Å². The molecule has 0 aliphatic heterocycles. The molecule has 0 saturated carbocycles. The van der Waals surface area contributed by atoms with Gasteiger partial charge in [-0.1, -0.05) is 15.9 Å². The Morgan fingerprint density at radius 3 is 2.75 bits per heavy atom. The highest BCUT2D eigenvalue weighted by Crippen LogP contribution is 2.25. The Hall–Kier alpha value is -1.07. The van der Waals surface area contributed by atoms with Crippen LogP contribution in [0.3, 0.4) is 0 Å². The Labute approximate surface area is 103 Å². The fourth-order valence-corrected chi connectivity index (χ4v) is 1.66.